The number of esters is 2. The van der Waals surface area contributed by atoms with Gasteiger partial charge in [-0.3, -0.25) is 4.79 Å². The van der Waals surface area contributed by atoms with Gasteiger partial charge in [0.25, 0.3) is 6.29 Å². The highest BCUT2D eigenvalue weighted by Gasteiger charge is 2.37. The molecule has 1 N–H and O–H groups in total. The Bertz CT molecular complexity index is 888. The molecule has 0 saturated heterocycles. The van der Waals surface area contributed by atoms with E-state index in [0.717, 1.165) is 24.8 Å². The second-order valence-corrected chi connectivity index (χ2v) is 10.1. The Labute approximate surface area is 197 Å². The molecule has 2 aliphatic heterocycles. The number of allylic oxidation sites excluding steroid dienone is 4. The van der Waals surface area contributed by atoms with Crippen molar-refractivity contribution in [1.29, 1.82) is 0 Å². The van der Waals surface area contributed by atoms with Gasteiger partial charge in [-0.25, -0.2) is 4.79 Å². The summed E-state index contributed by atoms with van der Waals surface area (Å²) in [4.78, 5) is 22.9. The van der Waals surface area contributed by atoms with E-state index in [4.69, 9.17) is 14.2 Å². The molecule has 2 heterocycles. The molecule has 33 heavy (non-hydrogen) atoms. The van der Waals surface area contributed by atoms with Crippen LogP contribution in [0.1, 0.15) is 86.0 Å². The Morgan fingerprint density at radius 1 is 1.30 bits per heavy atom. The highest BCUT2D eigenvalue weighted by Crippen LogP contribution is 2.42. The van der Waals surface area contributed by atoms with Crippen molar-refractivity contribution in [3.8, 4) is 0 Å². The van der Waals surface area contributed by atoms with Crippen LogP contribution in [0, 0.1) is 5.41 Å². The van der Waals surface area contributed by atoms with Gasteiger partial charge >= 0.3 is 11.9 Å². The quantitative estimate of drug-likeness (QED) is 0.386. The summed E-state index contributed by atoms with van der Waals surface area (Å²) in [6, 6.07) is 0. The van der Waals surface area contributed by atoms with Crippen LogP contribution in [-0.4, -0.2) is 35.7 Å². The average molecular weight is 459 g/mol. The Balaban J connectivity index is 1.51. The lowest BCUT2D eigenvalue weighted by Crippen LogP contribution is -2.33. The number of hydrogen-bond acceptors (Lipinski definition) is 6. The first-order valence-electron chi connectivity index (χ1n) is 12.0. The topological polar surface area (TPSA) is 82.1 Å². The Morgan fingerprint density at radius 3 is 2.73 bits per heavy atom. The van der Waals surface area contributed by atoms with Gasteiger partial charge in [0.15, 0.2) is 6.29 Å². The lowest BCUT2D eigenvalue weighted by atomic mass is 9.71. The first-order chi connectivity index (χ1) is 15.6. The van der Waals surface area contributed by atoms with Crippen LogP contribution in [0.3, 0.4) is 0 Å². The van der Waals surface area contributed by atoms with Crippen LogP contribution in [0.4, 0.5) is 0 Å². The highest BCUT2D eigenvalue weighted by atomic mass is 16.7. The Hall–Kier alpha value is -2.18. The molecule has 0 aromatic rings. The molecule has 182 valence electrons. The minimum atomic E-state index is -1.08. The van der Waals surface area contributed by atoms with E-state index in [1.165, 1.54) is 37.8 Å². The van der Waals surface area contributed by atoms with Crippen molar-refractivity contribution >= 4 is 11.9 Å². The summed E-state index contributed by atoms with van der Waals surface area (Å²) in [5.41, 5.74) is 6.14. The fourth-order valence-corrected chi connectivity index (χ4v) is 5.13. The number of aliphatic hydroxyl groups excluding tert-OH is 1. The maximum Gasteiger partial charge on any atom is 0.334 e. The molecule has 3 rings (SSSR count). The lowest BCUT2D eigenvalue weighted by Gasteiger charge is -2.35. The molecule has 6 heteroatoms. The van der Waals surface area contributed by atoms with Crippen molar-refractivity contribution in [2.45, 2.75) is 105 Å². The molecular formula is C27H38O6. The lowest BCUT2D eigenvalue weighted by molar-refractivity contribution is -0.176. The predicted octanol–water partition coefficient (Wildman–Crippen LogP) is 5.43. The van der Waals surface area contributed by atoms with Gasteiger partial charge in [0.05, 0.1) is 6.10 Å². The molecule has 0 fully saturated rings. The predicted molar refractivity (Wildman–Crippen MR) is 126 cm³/mol. The zero-order chi connectivity index (χ0) is 24.2. The van der Waals surface area contributed by atoms with Gasteiger partial charge in [0.1, 0.15) is 0 Å². The number of ether oxygens (including phenoxy) is 3. The molecule has 0 aromatic carbocycles. The van der Waals surface area contributed by atoms with Gasteiger partial charge < -0.3 is 19.3 Å². The van der Waals surface area contributed by atoms with Crippen LogP contribution in [0.15, 0.2) is 46.1 Å². The molecule has 6 nitrogen and oxygen atoms in total. The third-order valence-corrected chi connectivity index (χ3v) is 7.01. The summed E-state index contributed by atoms with van der Waals surface area (Å²) in [6.45, 7) is 10.5. The molecule has 0 radical (unpaired) electrons. The van der Waals surface area contributed by atoms with Crippen molar-refractivity contribution in [1.82, 2.24) is 0 Å². The van der Waals surface area contributed by atoms with Gasteiger partial charge in [-0.15, -0.1) is 0 Å². The van der Waals surface area contributed by atoms with E-state index in [-0.39, 0.29) is 0 Å². The zero-order valence-electron chi connectivity index (χ0n) is 20.6. The van der Waals surface area contributed by atoms with E-state index in [1.54, 1.807) is 11.1 Å². The van der Waals surface area contributed by atoms with Crippen molar-refractivity contribution in [3.63, 3.8) is 0 Å². The first kappa shape index (κ1) is 25.4. The number of rotatable bonds is 8. The summed E-state index contributed by atoms with van der Waals surface area (Å²) in [7, 11) is 0. The smallest absolute Gasteiger partial charge is 0.334 e. The highest BCUT2D eigenvalue weighted by molar-refractivity contribution is 5.86. The van der Waals surface area contributed by atoms with Crippen LogP contribution in [0.2, 0.25) is 0 Å². The molecule has 0 saturated carbocycles. The average Bonchev–Trinajstić information content (AvgIpc) is 3.07. The Kier molecular flexibility index (Phi) is 8.35. The third kappa shape index (κ3) is 6.67. The van der Waals surface area contributed by atoms with E-state index in [1.807, 2.05) is 6.08 Å². The summed E-state index contributed by atoms with van der Waals surface area (Å²) >= 11 is 0. The molecule has 3 atom stereocenters. The molecular weight excluding hydrogens is 420 g/mol. The minimum absolute atomic E-state index is 0.312. The second kappa shape index (κ2) is 10.8. The fourth-order valence-electron chi connectivity index (χ4n) is 5.13. The number of aliphatic hydroxyl groups is 1. The molecule has 0 aromatic heterocycles. The van der Waals surface area contributed by atoms with Gasteiger partial charge in [0.2, 0.25) is 0 Å². The van der Waals surface area contributed by atoms with Gasteiger partial charge in [0, 0.05) is 18.6 Å². The Morgan fingerprint density at radius 2 is 2.06 bits per heavy atom. The summed E-state index contributed by atoms with van der Waals surface area (Å²) < 4.78 is 15.8. The van der Waals surface area contributed by atoms with Crippen LogP contribution in [0.25, 0.3) is 0 Å². The number of carbonyl (C=O) groups excluding carboxylic acids is 2. The number of carbonyl (C=O) groups is 2. The van der Waals surface area contributed by atoms with Gasteiger partial charge in [-0.1, -0.05) is 42.7 Å². The number of hydrogen-bond donors (Lipinski definition) is 1. The fraction of sp³-hybridized carbons (Fsp3) is 0.630. The van der Waals surface area contributed by atoms with E-state index < -0.39 is 30.6 Å². The number of cyclic esters (lactones) is 1. The van der Waals surface area contributed by atoms with Gasteiger partial charge in [-0.05, 0) is 76.2 Å². The molecule has 0 bridgehead atoms. The normalized spacial score (nSPS) is 27.8. The monoisotopic (exact) mass is 458 g/mol. The van der Waals surface area contributed by atoms with Crippen LogP contribution in [-0.2, 0) is 23.8 Å². The summed E-state index contributed by atoms with van der Waals surface area (Å²) in [5.74, 6) is -1.12. The van der Waals surface area contributed by atoms with Crippen LogP contribution in [0.5, 0.6) is 0 Å². The molecule has 3 aliphatic rings. The SMILES string of the molecule is CC(=O)OC1OC(=O)C=C1[C@@H]1CC=C(CC/C=C(\C)CCC2=C(C)CCCC2(C)C)C(O)O1. The molecule has 0 amide bonds. The van der Waals surface area contributed by atoms with Crippen LogP contribution < -0.4 is 0 Å². The minimum Gasteiger partial charge on any atom is -0.421 e. The van der Waals surface area contributed by atoms with E-state index >= 15 is 0 Å². The summed E-state index contributed by atoms with van der Waals surface area (Å²) in [6.07, 6.45) is 10.8. The first-order valence-corrected chi connectivity index (χ1v) is 12.0. The third-order valence-electron chi connectivity index (χ3n) is 7.01. The van der Waals surface area contributed by atoms with Crippen molar-refractivity contribution in [2.24, 2.45) is 5.41 Å². The maximum atomic E-state index is 11.6. The molecule has 1 aliphatic carbocycles. The zero-order valence-corrected chi connectivity index (χ0v) is 20.6. The van der Waals surface area contributed by atoms with Gasteiger partial charge in [-0.2, -0.15) is 0 Å². The second-order valence-electron chi connectivity index (χ2n) is 10.1. The summed E-state index contributed by atoms with van der Waals surface area (Å²) in [5, 5.41) is 10.5. The van der Waals surface area contributed by atoms with Crippen molar-refractivity contribution in [2.75, 3.05) is 0 Å². The molecule has 0 spiro atoms. The maximum absolute atomic E-state index is 11.6. The van der Waals surface area contributed by atoms with E-state index in [9.17, 15) is 14.7 Å². The van der Waals surface area contributed by atoms with Crippen molar-refractivity contribution in [3.05, 3.63) is 46.1 Å². The van der Waals surface area contributed by atoms with Crippen LogP contribution >= 0.6 is 0 Å². The van der Waals surface area contributed by atoms with E-state index in [0.29, 0.717) is 23.8 Å². The van der Waals surface area contributed by atoms with Crippen molar-refractivity contribution < 1.29 is 28.9 Å². The largest absolute Gasteiger partial charge is 0.421 e. The van der Waals surface area contributed by atoms with E-state index in [2.05, 4.69) is 33.8 Å². The molecule has 2 unspecified atom stereocenters. The standard InChI is InChI=1S/C27H38O6/c1-17(11-13-22-18(2)9-7-15-27(22,4)5)8-6-10-20-12-14-23(32-25(20)30)21-16-24(29)33-26(21)31-19(3)28/h8,12,16,23,25-26,30H,6-7,9-11,13-15H2,1-5H3/b17-8+/t23-,25?,26?/m0/s1.